The van der Waals surface area contributed by atoms with Crippen LogP contribution < -0.4 is 0 Å². The predicted molar refractivity (Wildman–Crippen MR) is 63.0 cm³/mol. The third-order valence-electron chi connectivity index (χ3n) is 4.82. The number of esters is 1. The molecule has 4 fully saturated rings. The van der Waals surface area contributed by atoms with Crippen molar-refractivity contribution in [3.8, 4) is 0 Å². The molecule has 0 amide bonds. The van der Waals surface area contributed by atoms with Gasteiger partial charge in [0.1, 0.15) is 6.10 Å². The lowest BCUT2D eigenvalue weighted by Crippen LogP contribution is -2.26. The number of rotatable bonds is 3. The van der Waals surface area contributed by atoms with Gasteiger partial charge in [0, 0.05) is 12.8 Å². The number of ether oxygens (including phenoxy) is 3. The molecule has 0 radical (unpaired) electrons. The average molecular weight is 252 g/mol. The van der Waals surface area contributed by atoms with E-state index in [1.165, 1.54) is 0 Å². The summed E-state index contributed by atoms with van der Waals surface area (Å²) in [6.07, 6.45) is 8.76. The van der Waals surface area contributed by atoms with Gasteiger partial charge in [-0.2, -0.15) is 0 Å². The van der Waals surface area contributed by atoms with Gasteiger partial charge in [0.15, 0.2) is 0 Å². The second-order valence-electron chi connectivity index (χ2n) is 6.23. The molecule has 18 heavy (non-hydrogen) atoms. The van der Waals surface area contributed by atoms with E-state index >= 15 is 0 Å². The van der Waals surface area contributed by atoms with Gasteiger partial charge in [0.2, 0.25) is 0 Å². The largest absolute Gasteiger partial charge is 0.462 e. The van der Waals surface area contributed by atoms with Crippen LogP contribution in [-0.2, 0) is 19.0 Å². The Morgan fingerprint density at radius 3 is 2.39 bits per heavy atom. The molecule has 0 bridgehead atoms. The fourth-order valence-electron chi connectivity index (χ4n) is 3.62. The fourth-order valence-corrected chi connectivity index (χ4v) is 3.62. The van der Waals surface area contributed by atoms with Gasteiger partial charge in [0.25, 0.3) is 0 Å². The van der Waals surface area contributed by atoms with Crippen molar-refractivity contribution in [1.29, 1.82) is 0 Å². The molecular formula is C14H20O4. The minimum atomic E-state index is -0.0109. The van der Waals surface area contributed by atoms with Gasteiger partial charge < -0.3 is 14.2 Å². The number of epoxide rings is 2. The summed E-state index contributed by atoms with van der Waals surface area (Å²) < 4.78 is 16.5. The minimum absolute atomic E-state index is 0.0109. The van der Waals surface area contributed by atoms with E-state index in [0.29, 0.717) is 36.8 Å². The molecular weight excluding hydrogens is 232 g/mol. The Bertz CT molecular complexity index is 324. The van der Waals surface area contributed by atoms with Crippen molar-refractivity contribution in [2.75, 3.05) is 0 Å². The SMILES string of the molecule is O=C(C[C@@H]1CC[C@H]2O[C@H]2C1)O[C@@H]1CC[C@H]2O[C@@H]2C1. The molecule has 100 valence electrons. The maximum Gasteiger partial charge on any atom is 0.306 e. The zero-order valence-corrected chi connectivity index (χ0v) is 10.5. The van der Waals surface area contributed by atoms with Crippen molar-refractivity contribution in [2.45, 2.75) is 75.5 Å². The van der Waals surface area contributed by atoms with Crippen LogP contribution >= 0.6 is 0 Å². The highest BCUT2D eigenvalue weighted by Gasteiger charge is 2.46. The van der Waals surface area contributed by atoms with Crippen LogP contribution in [0.1, 0.15) is 44.9 Å². The first-order chi connectivity index (χ1) is 8.78. The monoisotopic (exact) mass is 252 g/mol. The molecule has 6 atom stereocenters. The maximum atomic E-state index is 11.9. The summed E-state index contributed by atoms with van der Waals surface area (Å²) >= 11 is 0. The smallest absolute Gasteiger partial charge is 0.306 e. The number of fused-ring (bicyclic) bond motifs is 2. The molecule has 4 heteroatoms. The molecule has 2 saturated carbocycles. The Balaban J connectivity index is 1.23. The van der Waals surface area contributed by atoms with E-state index in [2.05, 4.69) is 0 Å². The van der Waals surface area contributed by atoms with Gasteiger partial charge in [-0.1, -0.05) is 0 Å². The van der Waals surface area contributed by atoms with Crippen LogP contribution in [0.3, 0.4) is 0 Å². The molecule has 0 aromatic heterocycles. The number of hydrogen-bond donors (Lipinski definition) is 0. The van der Waals surface area contributed by atoms with E-state index in [0.717, 1.165) is 38.5 Å². The third kappa shape index (κ3) is 2.28. The highest BCUT2D eigenvalue weighted by Crippen LogP contribution is 2.41. The summed E-state index contributed by atoms with van der Waals surface area (Å²) in [4.78, 5) is 11.9. The number of carbonyl (C=O) groups is 1. The number of hydrogen-bond acceptors (Lipinski definition) is 4. The molecule has 0 N–H and O–H groups in total. The van der Waals surface area contributed by atoms with E-state index in [4.69, 9.17) is 14.2 Å². The van der Waals surface area contributed by atoms with E-state index in [1.807, 2.05) is 0 Å². The van der Waals surface area contributed by atoms with E-state index in [-0.39, 0.29) is 12.1 Å². The Morgan fingerprint density at radius 1 is 0.944 bits per heavy atom. The lowest BCUT2D eigenvalue weighted by Gasteiger charge is -2.22. The molecule has 2 aliphatic carbocycles. The van der Waals surface area contributed by atoms with E-state index in [1.54, 1.807) is 0 Å². The molecule has 2 saturated heterocycles. The molecule has 0 aromatic rings. The van der Waals surface area contributed by atoms with Gasteiger partial charge in [-0.15, -0.1) is 0 Å². The van der Waals surface area contributed by atoms with Gasteiger partial charge in [-0.3, -0.25) is 4.79 Å². The summed E-state index contributed by atoms with van der Waals surface area (Å²) in [6.45, 7) is 0. The summed E-state index contributed by atoms with van der Waals surface area (Å²) in [7, 11) is 0. The van der Waals surface area contributed by atoms with E-state index < -0.39 is 0 Å². The zero-order chi connectivity index (χ0) is 12.1. The molecule has 0 unspecified atom stereocenters. The average Bonchev–Trinajstić information content (AvgIpc) is 3.22. The summed E-state index contributed by atoms with van der Waals surface area (Å²) in [5.74, 6) is 0.470. The minimum Gasteiger partial charge on any atom is -0.462 e. The Labute approximate surface area is 107 Å². The van der Waals surface area contributed by atoms with Crippen molar-refractivity contribution in [2.24, 2.45) is 5.92 Å². The van der Waals surface area contributed by atoms with Crippen LogP contribution in [0.5, 0.6) is 0 Å². The number of carbonyl (C=O) groups excluding carboxylic acids is 1. The first-order valence-corrected chi connectivity index (χ1v) is 7.28. The summed E-state index contributed by atoms with van der Waals surface area (Å²) in [6, 6.07) is 0. The van der Waals surface area contributed by atoms with Crippen LogP contribution in [0.2, 0.25) is 0 Å². The van der Waals surface area contributed by atoms with Crippen molar-refractivity contribution in [3.63, 3.8) is 0 Å². The standard InChI is InChI=1S/C14H20O4/c15-14(6-8-1-3-10-12(5-8)17-10)16-9-2-4-11-13(7-9)18-11/h8-13H,1-7H2/t8-,9-,10-,11-,12+,13-/m1/s1. The van der Waals surface area contributed by atoms with E-state index in [9.17, 15) is 4.79 Å². The molecule has 2 aliphatic heterocycles. The maximum absolute atomic E-state index is 11.9. The second-order valence-corrected chi connectivity index (χ2v) is 6.23. The van der Waals surface area contributed by atoms with Crippen molar-refractivity contribution in [1.82, 2.24) is 0 Å². The Morgan fingerprint density at radius 2 is 1.67 bits per heavy atom. The molecule has 0 aromatic carbocycles. The van der Waals surface area contributed by atoms with Crippen molar-refractivity contribution >= 4 is 5.97 Å². The fraction of sp³-hybridized carbons (Fsp3) is 0.929. The molecule has 4 rings (SSSR count). The summed E-state index contributed by atoms with van der Waals surface area (Å²) in [5, 5.41) is 0. The second kappa shape index (κ2) is 4.20. The van der Waals surface area contributed by atoms with Crippen molar-refractivity contribution in [3.05, 3.63) is 0 Å². The first-order valence-electron chi connectivity index (χ1n) is 7.28. The third-order valence-corrected chi connectivity index (χ3v) is 4.82. The molecule has 0 spiro atoms. The van der Waals surface area contributed by atoms with Gasteiger partial charge in [-0.25, -0.2) is 0 Å². The lowest BCUT2D eigenvalue weighted by molar-refractivity contribution is -0.151. The van der Waals surface area contributed by atoms with Crippen molar-refractivity contribution < 1.29 is 19.0 Å². The highest BCUT2D eigenvalue weighted by atomic mass is 16.6. The highest BCUT2D eigenvalue weighted by molar-refractivity contribution is 5.70. The van der Waals surface area contributed by atoms with Crippen LogP contribution in [0.15, 0.2) is 0 Å². The molecule has 2 heterocycles. The Kier molecular flexibility index (Phi) is 2.62. The summed E-state index contributed by atoms with van der Waals surface area (Å²) in [5.41, 5.74) is 0. The molecule has 4 nitrogen and oxygen atoms in total. The van der Waals surface area contributed by atoms with Gasteiger partial charge in [0.05, 0.1) is 24.4 Å². The quantitative estimate of drug-likeness (QED) is 0.568. The van der Waals surface area contributed by atoms with Crippen LogP contribution in [0.25, 0.3) is 0 Å². The predicted octanol–water partition coefficient (Wildman–Crippen LogP) is 1.81. The van der Waals surface area contributed by atoms with Crippen LogP contribution in [0.4, 0.5) is 0 Å². The first kappa shape index (κ1) is 11.2. The topological polar surface area (TPSA) is 51.4 Å². The molecule has 4 aliphatic rings. The van der Waals surface area contributed by atoms with Gasteiger partial charge in [-0.05, 0) is 38.0 Å². The zero-order valence-electron chi connectivity index (χ0n) is 10.5. The lowest BCUT2D eigenvalue weighted by atomic mass is 9.87. The van der Waals surface area contributed by atoms with Crippen LogP contribution in [-0.4, -0.2) is 36.5 Å². The normalized spacial score (nSPS) is 48.9. The Hall–Kier alpha value is -0.610. The van der Waals surface area contributed by atoms with Crippen LogP contribution in [0, 0.1) is 5.92 Å². The van der Waals surface area contributed by atoms with Gasteiger partial charge >= 0.3 is 5.97 Å².